The molecule has 0 aliphatic carbocycles. The first-order valence-corrected chi connectivity index (χ1v) is 10.4. The van der Waals surface area contributed by atoms with E-state index < -0.39 is 11.9 Å². The van der Waals surface area contributed by atoms with Gasteiger partial charge in [0, 0.05) is 61.6 Å². The fourth-order valence-electron chi connectivity index (χ4n) is 3.21. The normalized spacial score (nSPS) is 13.4. The lowest BCUT2D eigenvalue weighted by molar-refractivity contribution is 0.146. The predicted octanol–water partition coefficient (Wildman–Crippen LogP) is 2.40. The van der Waals surface area contributed by atoms with Gasteiger partial charge in [-0.1, -0.05) is 23.4 Å². The summed E-state index contributed by atoms with van der Waals surface area (Å²) in [5, 5.41) is 17.7. The molecular weight excluding hydrogens is 502 g/mol. The van der Waals surface area contributed by atoms with Crippen molar-refractivity contribution in [1.82, 2.24) is 20.6 Å². The quantitative estimate of drug-likeness (QED) is 0.176. The van der Waals surface area contributed by atoms with E-state index in [0.717, 1.165) is 38.2 Å². The third-order valence-electron chi connectivity index (χ3n) is 4.94. The van der Waals surface area contributed by atoms with Gasteiger partial charge in [0.05, 0.1) is 12.3 Å². The highest BCUT2D eigenvalue weighted by atomic mass is 35.5. The number of carboxylic acid groups (broad SMARTS) is 1. The molecule has 1 aromatic carbocycles. The van der Waals surface area contributed by atoms with Crippen LogP contribution in [0.15, 0.2) is 40.7 Å². The van der Waals surface area contributed by atoms with Crippen LogP contribution in [0.1, 0.15) is 18.4 Å². The lowest BCUT2D eigenvalue weighted by Crippen LogP contribution is -2.35. The van der Waals surface area contributed by atoms with Crippen molar-refractivity contribution >= 4 is 48.5 Å². The molecule has 1 saturated heterocycles. The first kappa shape index (κ1) is 29.8. The van der Waals surface area contributed by atoms with Crippen LogP contribution in [0.5, 0.6) is 0 Å². The van der Waals surface area contributed by atoms with Crippen molar-refractivity contribution in [3.63, 3.8) is 0 Å². The van der Waals surface area contributed by atoms with E-state index >= 15 is 0 Å². The average molecular weight is 531 g/mol. The summed E-state index contributed by atoms with van der Waals surface area (Å²) in [6.45, 7) is 2.62. The van der Waals surface area contributed by atoms with Gasteiger partial charge in [-0.05, 0) is 7.05 Å². The Balaban J connectivity index is 0.00000306. The smallest absolute Gasteiger partial charge is 0.411 e. The monoisotopic (exact) mass is 530 g/mol. The average Bonchev–Trinajstić information content (AvgIpc) is 2.81. The number of hydrogen-bond acceptors (Lipinski definition) is 8. The van der Waals surface area contributed by atoms with Crippen molar-refractivity contribution in [3.8, 4) is 11.1 Å². The SMILES string of the molecule is CNCCON=C1CCN(c2ncc(-c3cccc(CN=C(N)NC(=O)O)c3F)cn2)CC1.Cl.Cl. The number of piperidine rings is 1. The summed E-state index contributed by atoms with van der Waals surface area (Å²) >= 11 is 0. The van der Waals surface area contributed by atoms with E-state index in [1.54, 1.807) is 30.6 Å². The number of halogens is 3. The molecule has 0 bridgehead atoms. The summed E-state index contributed by atoms with van der Waals surface area (Å²) < 4.78 is 15.0. The zero-order chi connectivity index (χ0) is 23.6. The molecule has 0 saturated carbocycles. The third-order valence-corrected chi connectivity index (χ3v) is 4.94. The number of rotatable bonds is 8. The molecule has 2 heterocycles. The second-order valence-corrected chi connectivity index (χ2v) is 7.26. The maximum Gasteiger partial charge on any atom is 0.411 e. The second kappa shape index (κ2) is 14.9. The number of benzene rings is 1. The highest BCUT2D eigenvalue weighted by Crippen LogP contribution is 2.25. The van der Waals surface area contributed by atoms with Gasteiger partial charge in [0.2, 0.25) is 5.95 Å². The van der Waals surface area contributed by atoms with E-state index in [-0.39, 0.29) is 42.9 Å². The molecule has 0 atom stereocenters. The molecule has 35 heavy (non-hydrogen) atoms. The first-order valence-electron chi connectivity index (χ1n) is 10.4. The van der Waals surface area contributed by atoms with Gasteiger partial charge in [0.1, 0.15) is 12.4 Å². The van der Waals surface area contributed by atoms with E-state index in [4.69, 9.17) is 15.7 Å². The van der Waals surface area contributed by atoms with Gasteiger partial charge in [-0.2, -0.15) is 0 Å². The van der Waals surface area contributed by atoms with Crippen LogP contribution in [0, 0.1) is 5.82 Å². The molecule has 192 valence electrons. The molecule has 0 unspecified atom stereocenters. The van der Waals surface area contributed by atoms with Crippen molar-refractivity contribution in [2.75, 3.05) is 38.2 Å². The van der Waals surface area contributed by atoms with Gasteiger partial charge < -0.3 is 25.9 Å². The number of amides is 1. The van der Waals surface area contributed by atoms with E-state index in [1.165, 1.54) is 0 Å². The first-order chi connectivity index (χ1) is 16.0. The van der Waals surface area contributed by atoms with Crippen LogP contribution in [0.25, 0.3) is 11.1 Å². The Labute approximate surface area is 214 Å². The Kier molecular flexibility index (Phi) is 12.7. The Hall–Kier alpha value is -3.22. The van der Waals surface area contributed by atoms with Crippen LogP contribution in [0.2, 0.25) is 0 Å². The number of anilines is 1. The molecule has 5 N–H and O–H groups in total. The lowest BCUT2D eigenvalue weighted by Gasteiger charge is -2.27. The van der Waals surface area contributed by atoms with Crippen LogP contribution in [-0.4, -0.2) is 66.1 Å². The largest absolute Gasteiger partial charge is 0.465 e. The number of aliphatic imine (C=N–C) groups is 1. The van der Waals surface area contributed by atoms with Gasteiger partial charge in [-0.25, -0.2) is 24.1 Å². The van der Waals surface area contributed by atoms with Crippen LogP contribution in [0.4, 0.5) is 15.1 Å². The van der Waals surface area contributed by atoms with Gasteiger partial charge in [-0.3, -0.25) is 5.32 Å². The van der Waals surface area contributed by atoms with Gasteiger partial charge in [0.15, 0.2) is 5.96 Å². The van der Waals surface area contributed by atoms with Gasteiger partial charge >= 0.3 is 6.09 Å². The summed E-state index contributed by atoms with van der Waals surface area (Å²) in [4.78, 5) is 30.6. The van der Waals surface area contributed by atoms with Crippen molar-refractivity contribution < 1.29 is 19.1 Å². The van der Waals surface area contributed by atoms with Crippen LogP contribution in [-0.2, 0) is 11.4 Å². The molecule has 1 aromatic heterocycles. The van der Waals surface area contributed by atoms with E-state index in [1.807, 2.05) is 12.4 Å². The molecule has 1 aliphatic rings. The Morgan fingerprint density at radius 1 is 1.26 bits per heavy atom. The van der Waals surface area contributed by atoms with Gasteiger partial charge in [0.25, 0.3) is 0 Å². The second-order valence-electron chi connectivity index (χ2n) is 7.26. The minimum Gasteiger partial charge on any atom is -0.465 e. The van der Waals surface area contributed by atoms with Crippen LogP contribution < -0.4 is 21.3 Å². The summed E-state index contributed by atoms with van der Waals surface area (Å²) in [7, 11) is 1.86. The highest BCUT2D eigenvalue weighted by molar-refractivity contribution is 5.92. The third kappa shape index (κ3) is 8.81. The fraction of sp³-hybridized carbons (Fsp3) is 0.381. The van der Waals surface area contributed by atoms with Crippen molar-refractivity contribution in [1.29, 1.82) is 0 Å². The van der Waals surface area contributed by atoms with E-state index in [2.05, 4.69) is 30.3 Å². The summed E-state index contributed by atoms with van der Waals surface area (Å²) in [6.07, 6.45) is 3.36. The maximum atomic E-state index is 15.0. The topological polar surface area (TPSA) is 150 Å². The number of guanidine groups is 1. The standard InChI is InChI=1S/C21H27FN8O3.2ClH/c1-24-7-10-33-29-16-5-8-30(9-6-16)20-26-12-15(13-27-20)17-4-2-3-14(18(17)22)11-25-19(23)28-21(31)32;;/h2-4,12-13,24H,5-11H2,1H3,(H,31,32)(H3,23,25,28);2*1H. The lowest BCUT2D eigenvalue weighted by atomic mass is 10.0. The number of nitrogens with one attached hydrogen (secondary N) is 2. The fourth-order valence-corrected chi connectivity index (χ4v) is 3.21. The molecule has 0 spiro atoms. The van der Waals surface area contributed by atoms with E-state index in [0.29, 0.717) is 23.7 Å². The minimum absolute atomic E-state index is 0. The number of hydrogen-bond donors (Lipinski definition) is 4. The summed E-state index contributed by atoms with van der Waals surface area (Å²) in [6, 6.07) is 4.86. The van der Waals surface area contributed by atoms with Crippen molar-refractivity contribution in [3.05, 3.63) is 42.0 Å². The van der Waals surface area contributed by atoms with Crippen LogP contribution >= 0.6 is 24.8 Å². The zero-order valence-electron chi connectivity index (χ0n) is 19.1. The Bertz CT molecular complexity index is 1010. The van der Waals surface area contributed by atoms with Crippen LogP contribution in [0.3, 0.4) is 0 Å². The van der Waals surface area contributed by atoms with Crippen molar-refractivity contribution in [2.45, 2.75) is 19.4 Å². The van der Waals surface area contributed by atoms with E-state index in [9.17, 15) is 9.18 Å². The molecule has 11 nitrogen and oxygen atoms in total. The highest BCUT2D eigenvalue weighted by Gasteiger charge is 2.18. The molecule has 2 aromatic rings. The molecule has 1 amide bonds. The minimum atomic E-state index is -1.34. The Morgan fingerprint density at radius 3 is 2.57 bits per heavy atom. The molecule has 3 rings (SSSR count). The summed E-state index contributed by atoms with van der Waals surface area (Å²) in [5.74, 6) is -0.223. The molecular formula is C21H29Cl2FN8O3. The number of oxime groups is 1. The predicted molar refractivity (Wildman–Crippen MR) is 137 cm³/mol. The number of aromatic nitrogens is 2. The number of nitrogens with zero attached hydrogens (tertiary/aromatic N) is 5. The number of likely N-dealkylation sites (N-methyl/N-ethyl adjacent to an activating group) is 1. The molecule has 1 aliphatic heterocycles. The summed E-state index contributed by atoms with van der Waals surface area (Å²) in [5.41, 5.74) is 7.58. The van der Waals surface area contributed by atoms with Crippen molar-refractivity contribution in [2.24, 2.45) is 15.9 Å². The number of carbonyl (C=O) groups is 1. The molecule has 1 fully saturated rings. The van der Waals surface area contributed by atoms with Gasteiger partial charge in [-0.15, -0.1) is 24.8 Å². The molecule has 0 radical (unpaired) electrons. The Morgan fingerprint density at radius 2 is 1.94 bits per heavy atom. The maximum absolute atomic E-state index is 15.0. The molecule has 14 heteroatoms. The number of nitrogens with two attached hydrogens (primary N) is 1. The zero-order valence-corrected chi connectivity index (χ0v) is 20.7.